The highest BCUT2D eigenvalue weighted by atomic mass is 79.9. The van der Waals surface area contributed by atoms with Gasteiger partial charge in [-0.15, -0.1) is 0 Å². The van der Waals surface area contributed by atoms with E-state index in [4.69, 9.17) is 0 Å². The topological polar surface area (TPSA) is 20.3 Å². The third-order valence-electron chi connectivity index (χ3n) is 3.98. The molecule has 0 saturated heterocycles. The van der Waals surface area contributed by atoms with Crippen LogP contribution in [0.5, 0.6) is 0 Å². The average Bonchev–Trinajstić information content (AvgIpc) is 2.37. The van der Waals surface area contributed by atoms with Gasteiger partial charge in [-0.3, -0.25) is 4.79 Å². The fourth-order valence-corrected chi connectivity index (χ4v) is 3.20. The number of carbonyl (C=O) groups is 1. The van der Waals surface area contributed by atoms with Gasteiger partial charge < -0.3 is 4.90 Å². The Bertz CT molecular complexity index is 448. The lowest BCUT2D eigenvalue weighted by atomic mass is 9.88. The predicted octanol–water partition coefficient (Wildman–Crippen LogP) is 3.95. The SMILES string of the molecule is Cc1ccc(Br)cc1CN(C)CC1CCC(=O)CC1. The Morgan fingerprint density at radius 1 is 1.32 bits per heavy atom. The van der Waals surface area contributed by atoms with E-state index in [9.17, 15) is 4.79 Å². The molecular formula is C16H22BrNO. The quantitative estimate of drug-likeness (QED) is 0.836. The fourth-order valence-electron chi connectivity index (χ4n) is 2.79. The van der Waals surface area contributed by atoms with Crippen LogP contribution in [0.1, 0.15) is 36.8 Å². The first-order valence-electron chi connectivity index (χ1n) is 7.00. The lowest BCUT2D eigenvalue weighted by Gasteiger charge is -2.27. The molecule has 2 nitrogen and oxygen atoms in total. The average molecular weight is 324 g/mol. The maximum atomic E-state index is 11.2. The molecule has 104 valence electrons. The van der Waals surface area contributed by atoms with E-state index in [0.29, 0.717) is 11.7 Å². The van der Waals surface area contributed by atoms with E-state index < -0.39 is 0 Å². The van der Waals surface area contributed by atoms with Crippen LogP contribution in [0.25, 0.3) is 0 Å². The molecule has 2 rings (SSSR count). The molecule has 0 radical (unpaired) electrons. The van der Waals surface area contributed by atoms with Crippen LogP contribution >= 0.6 is 15.9 Å². The summed E-state index contributed by atoms with van der Waals surface area (Å²) < 4.78 is 1.14. The minimum atomic E-state index is 0.446. The summed E-state index contributed by atoms with van der Waals surface area (Å²) in [6.07, 6.45) is 3.71. The molecule has 1 saturated carbocycles. The number of hydrogen-bond acceptors (Lipinski definition) is 2. The molecule has 0 unspecified atom stereocenters. The molecule has 1 aliphatic rings. The maximum Gasteiger partial charge on any atom is 0.132 e. The monoisotopic (exact) mass is 323 g/mol. The summed E-state index contributed by atoms with van der Waals surface area (Å²) >= 11 is 3.54. The molecule has 1 fully saturated rings. The van der Waals surface area contributed by atoms with Crippen molar-refractivity contribution < 1.29 is 4.79 Å². The normalized spacial score (nSPS) is 17.2. The number of ketones is 1. The van der Waals surface area contributed by atoms with Crippen molar-refractivity contribution in [2.75, 3.05) is 13.6 Å². The Labute approximate surface area is 124 Å². The van der Waals surface area contributed by atoms with Gasteiger partial charge in [-0.2, -0.15) is 0 Å². The Balaban J connectivity index is 1.88. The standard InChI is InChI=1S/C16H22BrNO/c1-12-3-6-15(17)9-14(12)11-18(2)10-13-4-7-16(19)8-5-13/h3,6,9,13H,4-5,7-8,10-11H2,1-2H3. The number of carbonyl (C=O) groups excluding carboxylic acids is 1. The van der Waals surface area contributed by atoms with E-state index >= 15 is 0 Å². The highest BCUT2D eigenvalue weighted by Crippen LogP contribution is 2.23. The van der Waals surface area contributed by atoms with Gasteiger partial charge in [-0.1, -0.05) is 22.0 Å². The van der Waals surface area contributed by atoms with Crippen molar-refractivity contribution in [3.8, 4) is 0 Å². The number of rotatable bonds is 4. The van der Waals surface area contributed by atoms with Crippen LogP contribution in [0.4, 0.5) is 0 Å². The van der Waals surface area contributed by atoms with Crippen molar-refractivity contribution >= 4 is 21.7 Å². The number of nitrogens with zero attached hydrogens (tertiary/aromatic N) is 1. The van der Waals surface area contributed by atoms with Crippen molar-refractivity contribution in [2.45, 2.75) is 39.2 Å². The minimum absolute atomic E-state index is 0.446. The highest BCUT2D eigenvalue weighted by molar-refractivity contribution is 9.10. The van der Waals surface area contributed by atoms with Gasteiger partial charge in [0, 0.05) is 30.4 Å². The molecular weight excluding hydrogens is 302 g/mol. The van der Waals surface area contributed by atoms with E-state index in [1.54, 1.807) is 0 Å². The summed E-state index contributed by atoms with van der Waals surface area (Å²) in [7, 11) is 2.18. The fraction of sp³-hybridized carbons (Fsp3) is 0.562. The van der Waals surface area contributed by atoms with Gasteiger partial charge in [0.05, 0.1) is 0 Å². The second-order valence-corrected chi connectivity index (χ2v) is 6.67. The zero-order valence-electron chi connectivity index (χ0n) is 11.8. The van der Waals surface area contributed by atoms with Crippen LogP contribution in [-0.4, -0.2) is 24.3 Å². The second kappa shape index (κ2) is 6.67. The van der Waals surface area contributed by atoms with Crippen LogP contribution < -0.4 is 0 Å². The zero-order valence-corrected chi connectivity index (χ0v) is 13.4. The molecule has 1 aromatic carbocycles. The molecule has 0 amide bonds. The molecule has 1 aromatic rings. The van der Waals surface area contributed by atoms with Gasteiger partial charge in [0.1, 0.15) is 5.78 Å². The molecule has 1 aliphatic carbocycles. The van der Waals surface area contributed by atoms with Crippen molar-refractivity contribution in [3.63, 3.8) is 0 Å². The number of halogens is 1. The molecule has 0 aliphatic heterocycles. The number of aryl methyl sites for hydroxylation is 1. The molecule has 0 atom stereocenters. The van der Waals surface area contributed by atoms with Crippen LogP contribution in [0.3, 0.4) is 0 Å². The Morgan fingerprint density at radius 3 is 2.68 bits per heavy atom. The summed E-state index contributed by atoms with van der Waals surface area (Å²) in [5, 5.41) is 0. The number of hydrogen-bond donors (Lipinski definition) is 0. The summed E-state index contributed by atoms with van der Waals surface area (Å²) in [5.74, 6) is 1.14. The van der Waals surface area contributed by atoms with Gasteiger partial charge in [0.25, 0.3) is 0 Å². The predicted molar refractivity (Wildman–Crippen MR) is 82.2 cm³/mol. The van der Waals surface area contributed by atoms with E-state index in [1.165, 1.54) is 11.1 Å². The van der Waals surface area contributed by atoms with Gasteiger partial charge >= 0.3 is 0 Å². The number of benzene rings is 1. The van der Waals surface area contributed by atoms with Gasteiger partial charge in [0.15, 0.2) is 0 Å². The first-order chi connectivity index (χ1) is 9.04. The van der Waals surface area contributed by atoms with Gasteiger partial charge in [-0.05, 0) is 56.0 Å². The summed E-state index contributed by atoms with van der Waals surface area (Å²) in [5.41, 5.74) is 2.72. The third-order valence-corrected chi connectivity index (χ3v) is 4.48. The van der Waals surface area contributed by atoms with Crippen LogP contribution in [0.2, 0.25) is 0 Å². The smallest absolute Gasteiger partial charge is 0.132 e. The molecule has 19 heavy (non-hydrogen) atoms. The van der Waals surface area contributed by atoms with E-state index in [0.717, 1.165) is 43.2 Å². The first-order valence-corrected chi connectivity index (χ1v) is 7.79. The lowest BCUT2D eigenvalue weighted by molar-refractivity contribution is -0.121. The van der Waals surface area contributed by atoms with Crippen LogP contribution in [0, 0.1) is 12.8 Å². The summed E-state index contributed by atoms with van der Waals surface area (Å²) in [6, 6.07) is 6.45. The van der Waals surface area contributed by atoms with E-state index in [-0.39, 0.29) is 0 Å². The first kappa shape index (κ1) is 14.7. The Morgan fingerprint density at radius 2 is 2.00 bits per heavy atom. The van der Waals surface area contributed by atoms with Crippen molar-refractivity contribution in [2.24, 2.45) is 5.92 Å². The van der Waals surface area contributed by atoms with E-state index in [2.05, 4.69) is 53.0 Å². The third kappa shape index (κ3) is 4.43. The zero-order chi connectivity index (χ0) is 13.8. The second-order valence-electron chi connectivity index (χ2n) is 5.75. The molecule has 0 bridgehead atoms. The minimum Gasteiger partial charge on any atom is -0.302 e. The maximum absolute atomic E-state index is 11.2. The molecule has 3 heteroatoms. The molecule has 0 aromatic heterocycles. The van der Waals surface area contributed by atoms with E-state index in [1.807, 2.05) is 0 Å². The Hall–Kier alpha value is -0.670. The lowest BCUT2D eigenvalue weighted by Crippen LogP contribution is -2.28. The molecule has 0 spiro atoms. The van der Waals surface area contributed by atoms with Gasteiger partial charge in [0.2, 0.25) is 0 Å². The van der Waals surface area contributed by atoms with Crippen LogP contribution in [-0.2, 0) is 11.3 Å². The van der Waals surface area contributed by atoms with Crippen molar-refractivity contribution in [1.29, 1.82) is 0 Å². The van der Waals surface area contributed by atoms with Gasteiger partial charge in [-0.25, -0.2) is 0 Å². The van der Waals surface area contributed by atoms with Crippen molar-refractivity contribution in [3.05, 3.63) is 33.8 Å². The highest BCUT2D eigenvalue weighted by Gasteiger charge is 2.20. The number of Topliss-reactive ketones (excluding diaryl/α,β-unsaturated/α-hetero) is 1. The van der Waals surface area contributed by atoms with Crippen molar-refractivity contribution in [1.82, 2.24) is 4.90 Å². The molecule has 0 heterocycles. The summed E-state index contributed by atoms with van der Waals surface area (Å²) in [6.45, 7) is 4.24. The Kier molecular flexibility index (Phi) is 5.17. The largest absolute Gasteiger partial charge is 0.302 e. The van der Waals surface area contributed by atoms with Crippen LogP contribution in [0.15, 0.2) is 22.7 Å². The molecule has 0 N–H and O–H groups in total. The summed E-state index contributed by atoms with van der Waals surface area (Å²) in [4.78, 5) is 13.6.